The lowest BCUT2D eigenvalue weighted by atomic mass is 9.63. The highest BCUT2D eigenvalue weighted by molar-refractivity contribution is 5.81. The molecule has 0 spiro atoms. The van der Waals surface area contributed by atoms with Crippen LogP contribution in [0, 0.1) is 0 Å². The maximum absolute atomic E-state index is 9.83. The molecule has 0 aliphatic heterocycles. The number of hydrogen-bond acceptors (Lipinski definition) is 1. The van der Waals surface area contributed by atoms with Crippen LogP contribution in [0.15, 0.2) is 48.5 Å². The molecular weight excluding hydrogens is 328 g/mol. The summed E-state index contributed by atoms with van der Waals surface area (Å²) in [5, 5.41) is 9.83. The third-order valence-corrected chi connectivity index (χ3v) is 6.17. The van der Waals surface area contributed by atoms with Crippen LogP contribution >= 0.6 is 0 Å². The molecule has 0 atom stereocenters. The van der Waals surface area contributed by atoms with E-state index in [2.05, 4.69) is 71.0 Å². The molecule has 0 bridgehead atoms. The molecule has 0 saturated heterocycles. The summed E-state index contributed by atoms with van der Waals surface area (Å²) >= 11 is 0. The van der Waals surface area contributed by atoms with Crippen LogP contribution in [0.1, 0.15) is 82.2 Å². The van der Waals surface area contributed by atoms with E-state index in [-0.39, 0.29) is 10.8 Å². The third-order valence-electron chi connectivity index (χ3n) is 6.17. The van der Waals surface area contributed by atoms with Crippen LogP contribution in [0.4, 0.5) is 0 Å². The first kappa shape index (κ1) is 19.5. The molecule has 0 aromatic heterocycles. The molecular formula is C26H32O. The van der Waals surface area contributed by atoms with Crippen LogP contribution in [0.3, 0.4) is 0 Å². The highest BCUT2D eigenvalue weighted by Gasteiger charge is 2.36. The average Bonchev–Trinajstić information content (AvgIpc) is 2.65. The van der Waals surface area contributed by atoms with Gasteiger partial charge in [0, 0.05) is 5.56 Å². The van der Waals surface area contributed by atoms with Gasteiger partial charge in [0.05, 0.1) is 0 Å². The van der Waals surface area contributed by atoms with Crippen molar-refractivity contribution < 1.29 is 5.11 Å². The molecule has 1 aliphatic rings. The largest absolute Gasteiger partial charge is 0.508 e. The molecule has 142 valence electrons. The van der Waals surface area contributed by atoms with Crippen molar-refractivity contribution in [2.45, 2.75) is 65.2 Å². The van der Waals surface area contributed by atoms with Crippen molar-refractivity contribution >= 4 is 17.4 Å². The summed E-state index contributed by atoms with van der Waals surface area (Å²) in [6.07, 6.45) is 6.41. The first-order valence-corrected chi connectivity index (χ1v) is 9.93. The molecule has 0 fully saturated rings. The lowest BCUT2D eigenvalue weighted by Gasteiger charge is -2.42. The van der Waals surface area contributed by atoms with Crippen LogP contribution in [0.25, 0.3) is 17.4 Å². The van der Waals surface area contributed by atoms with Gasteiger partial charge in [-0.1, -0.05) is 76.2 Å². The van der Waals surface area contributed by atoms with E-state index < -0.39 is 0 Å². The molecule has 1 N–H and O–H groups in total. The van der Waals surface area contributed by atoms with E-state index in [0.717, 1.165) is 11.1 Å². The fourth-order valence-corrected chi connectivity index (χ4v) is 4.08. The first-order valence-electron chi connectivity index (χ1n) is 9.93. The van der Waals surface area contributed by atoms with Gasteiger partial charge >= 0.3 is 0 Å². The molecule has 0 unspecified atom stereocenters. The van der Waals surface area contributed by atoms with E-state index >= 15 is 0 Å². The lowest BCUT2D eigenvalue weighted by molar-refractivity contribution is 0.332. The summed E-state index contributed by atoms with van der Waals surface area (Å²) < 4.78 is 0. The number of rotatable bonds is 3. The van der Waals surface area contributed by atoms with Gasteiger partial charge in [-0.3, -0.25) is 0 Å². The Morgan fingerprint density at radius 2 is 1.41 bits per heavy atom. The van der Waals surface area contributed by atoms with Gasteiger partial charge in [0.2, 0.25) is 0 Å². The van der Waals surface area contributed by atoms with Gasteiger partial charge in [-0.2, -0.15) is 0 Å². The minimum absolute atomic E-state index is 0.229. The lowest BCUT2D eigenvalue weighted by Crippen LogP contribution is -2.33. The minimum Gasteiger partial charge on any atom is -0.508 e. The predicted molar refractivity (Wildman–Crippen MR) is 118 cm³/mol. The second kappa shape index (κ2) is 7.03. The minimum atomic E-state index is 0.229. The van der Waals surface area contributed by atoms with Crippen LogP contribution in [-0.4, -0.2) is 5.11 Å². The van der Waals surface area contributed by atoms with Crippen molar-refractivity contribution in [2.75, 3.05) is 0 Å². The van der Waals surface area contributed by atoms with Gasteiger partial charge < -0.3 is 5.11 Å². The average molecular weight is 361 g/mol. The van der Waals surface area contributed by atoms with E-state index in [1.807, 2.05) is 19.1 Å². The number of fused-ring (bicyclic) bond motifs is 1. The molecule has 1 nitrogen and oxygen atoms in total. The molecule has 2 aromatic rings. The number of aliphatic hydroxyl groups is 1. The Labute approximate surface area is 164 Å². The summed E-state index contributed by atoms with van der Waals surface area (Å²) in [5.74, 6) is 0.321. The maximum Gasteiger partial charge on any atom is 0.118 e. The van der Waals surface area contributed by atoms with E-state index in [4.69, 9.17) is 0 Å². The number of aliphatic hydroxyl groups excluding tert-OH is 1. The molecule has 0 amide bonds. The summed E-state index contributed by atoms with van der Waals surface area (Å²) in [7, 11) is 0. The smallest absolute Gasteiger partial charge is 0.118 e. The Morgan fingerprint density at radius 1 is 0.852 bits per heavy atom. The number of allylic oxidation sites excluding steroid dienone is 2. The molecule has 0 saturated carbocycles. The Morgan fingerprint density at radius 3 is 2.00 bits per heavy atom. The Balaban J connectivity index is 1.96. The van der Waals surface area contributed by atoms with Crippen molar-refractivity contribution in [3.8, 4) is 0 Å². The van der Waals surface area contributed by atoms with Crippen molar-refractivity contribution in [1.29, 1.82) is 0 Å². The zero-order valence-corrected chi connectivity index (χ0v) is 17.6. The quantitative estimate of drug-likeness (QED) is 0.443. The summed E-state index contributed by atoms with van der Waals surface area (Å²) in [6.45, 7) is 13.5. The fourth-order valence-electron chi connectivity index (χ4n) is 4.08. The Bertz CT molecular complexity index is 892. The zero-order chi connectivity index (χ0) is 19.8. The van der Waals surface area contributed by atoms with Crippen molar-refractivity contribution in [2.24, 2.45) is 0 Å². The second-order valence-electron chi connectivity index (χ2n) is 9.15. The highest BCUT2D eigenvalue weighted by atomic mass is 16.3. The number of hydrogen-bond donors (Lipinski definition) is 1. The molecule has 0 heterocycles. The van der Waals surface area contributed by atoms with E-state index in [9.17, 15) is 5.11 Å². The summed E-state index contributed by atoms with van der Waals surface area (Å²) in [5.41, 5.74) is 8.04. The monoisotopic (exact) mass is 360 g/mol. The third kappa shape index (κ3) is 3.88. The Hall–Kier alpha value is -2.28. The normalized spacial score (nSPS) is 18.9. The van der Waals surface area contributed by atoms with E-state index in [1.165, 1.54) is 35.1 Å². The summed E-state index contributed by atoms with van der Waals surface area (Å²) in [4.78, 5) is 0. The highest BCUT2D eigenvalue weighted by Crippen LogP contribution is 2.46. The summed E-state index contributed by atoms with van der Waals surface area (Å²) in [6, 6.07) is 15.1. The van der Waals surface area contributed by atoms with Gasteiger partial charge in [-0.15, -0.1) is 0 Å². The Kier molecular flexibility index (Phi) is 5.08. The van der Waals surface area contributed by atoms with Crippen LogP contribution < -0.4 is 0 Å². The van der Waals surface area contributed by atoms with Crippen LogP contribution in [0.5, 0.6) is 0 Å². The maximum atomic E-state index is 9.83. The van der Waals surface area contributed by atoms with Crippen molar-refractivity contribution in [3.05, 3.63) is 76.4 Å². The molecule has 27 heavy (non-hydrogen) atoms. The topological polar surface area (TPSA) is 20.2 Å². The van der Waals surface area contributed by atoms with E-state index in [1.54, 1.807) is 6.08 Å². The number of benzene rings is 2. The molecule has 2 aromatic carbocycles. The van der Waals surface area contributed by atoms with Gasteiger partial charge in [-0.25, -0.2) is 0 Å². The fraction of sp³-hybridized carbons (Fsp3) is 0.385. The standard InChI is InChI=1S/C26H32O/c1-7-24(27)20-10-8-19(9-11-20)16-18(2)21-12-13-22-23(17-21)26(5,6)15-14-25(22,3)4/h7-13,16-17,27H,14-15H2,1-6H3/b18-16+,24-7-. The van der Waals surface area contributed by atoms with Crippen molar-refractivity contribution in [1.82, 2.24) is 0 Å². The molecule has 1 aliphatic carbocycles. The molecule has 3 rings (SSSR count). The predicted octanol–water partition coefficient (Wildman–Crippen LogP) is 7.51. The van der Waals surface area contributed by atoms with Crippen LogP contribution in [0.2, 0.25) is 0 Å². The second-order valence-corrected chi connectivity index (χ2v) is 9.15. The van der Waals surface area contributed by atoms with Crippen molar-refractivity contribution in [3.63, 3.8) is 0 Å². The zero-order valence-electron chi connectivity index (χ0n) is 17.6. The van der Waals surface area contributed by atoms with Gasteiger partial charge in [-0.05, 0) is 71.4 Å². The van der Waals surface area contributed by atoms with Crippen LogP contribution in [-0.2, 0) is 10.8 Å². The molecule has 0 radical (unpaired) electrons. The molecule has 1 heteroatoms. The van der Waals surface area contributed by atoms with E-state index in [0.29, 0.717) is 5.76 Å². The van der Waals surface area contributed by atoms with Gasteiger partial charge in [0.1, 0.15) is 5.76 Å². The SMILES string of the molecule is C/C=C(\O)c1ccc(/C=C(\C)c2ccc3c(c2)C(C)(C)CCC3(C)C)cc1. The van der Waals surface area contributed by atoms with Gasteiger partial charge in [0.15, 0.2) is 0 Å². The first-order chi connectivity index (χ1) is 12.6. The van der Waals surface area contributed by atoms with Gasteiger partial charge in [0.25, 0.3) is 0 Å².